The van der Waals surface area contributed by atoms with E-state index in [1.54, 1.807) is 0 Å². The van der Waals surface area contributed by atoms with E-state index in [0.29, 0.717) is 5.13 Å². The fraction of sp³-hybridized carbons (Fsp3) is 0.118. The normalized spacial score (nSPS) is 11.4. The van der Waals surface area contributed by atoms with Crippen molar-refractivity contribution in [2.75, 3.05) is 11.9 Å². The van der Waals surface area contributed by atoms with Crippen molar-refractivity contribution in [1.82, 2.24) is 4.98 Å². The van der Waals surface area contributed by atoms with Gasteiger partial charge in [-0.2, -0.15) is 0 Å². The Bertz CT molecular complexity index is 810. The molecule has 1 aromatic heterocycles. The number of thiazole rings is 1. The number of aromatic nitrogens is 1. The van der Waals surface area contributed by atoms with Crippen LogP contribution in [0.5, 0.6) is 0 Å². The molecule has 23 heavy (non-hydrogen) atoms. The zero-order valence-corrected chi connectivity index (χ0v) is 13.3. The van der Waals surface area contributed by atoms with Gasteiger partial charge < -0.3 is 4.84 Å². The van der Waals surface area contributed by atoms with Crippen LogP contribution in [0.25, 0.3) is 10.2 Å². The van der Waals surface area contributed by atoms with Crippen molar-refractivity contribution in [3.05, 3.63) is 60.2 Å². The second-order valence-corrected chi connectivity index (χ2v) is 5.88. The average Bonchev–Trinajstić information content (AvgIpc) is 2.97. The van der Waals surface area contributed by atoms with Crippen LogP contribution in [-0.4, -0.2) is 23.2 Å². The molecule has 0 unspecified atom stereocenters. The lowest BCUT2D eigenvalue weighted by molar-refractivity contribution is -0.120. The van der Waals surface area contributed by atoms with Gasteiger partial charge in [0.1, 0.15) is 0 Å². The molecule has 116 valence electrons. The number of hydrogen-bond acceptors (Lipinski definition) is 5. The summed E-state index contributed by atoms with van der Waals surface area (Å²) in [6.07, 6.45) is 0. The Hall–Kier alpha value is -2.73. The predicted octanol–water partition coefficient (Wildman–Crippen LogP) is 3.68. The molecular formula is C17H15N3O2S. The van der Waals surface area contributed by atoms with Gasteiger partial charge in [0.25, 0.3) is 5.91 Å². The van der Waals surface area contributed by atoms with Crippen molar-refractivity contribution in [1.29, 1.82) is 0 Å². The van der Waals surface area contributed by atoms with Gasteiger partial charge in [-0.1, -0.05) is 59.0 Å². The number of oxime groups is 1. The van der Waals surface area contributed by atoms with Crippen LogP contribution in [0.1, 0.15) is 12.5 Å². The molecular weight excluding hydrogens is 310 g/mol. The molecule has 0 aliphatic carbocycles. The van der Waals surface area contributed by atoms with E-state index in [-0.39, 0.29) is 12.5 Å². The van der Waals surface area contributed by atoms with Crippen LogP contribution in [0.15, 0.2) is 59.8 Å². The molecule has 0 aliphatic heterocycles. The number of carbonyl (C=O) groups excluding carboxylic acids is 1. The van der Waals surface area contributed by atoms with E-state index in [1.807, 2.05) is 61.5 Å². The first kappa shape index (κ1) is 15.2. The summed E-state index contributed by atoms with van der Waals surface area (Å²) in [5, 5.41) is 7.24. The van der Waals surface area contributed by atoms with E-state index in [9.17, 15) is 4.79 Å². The van der Waals surface area contributed by atoms with Crippen molar-refractivity contribution in [2.24, 2.45) is 5.16 Å². The number of nitrogens with one attached hydrogen (secondary N) is 1. The van der Waals surface area contributed by atoms with Crippen LogP contribution in [0, 0.1) is 0 Å². The highest BCUT2D eigenvalue weighted by molar-refractivity contribution is 7.22. The summed E-state index contributed by atoms with van der Waals surface area (Å²) in [7, 11) is 0. The molecule has 6 heteroatoms. The summed E-state index contributed by atoms with van der Waals surface area (Å²) < 4.78 is 1.03. The minimum Gasteiger partial charge on any atom is -0.385 e. The number of para-hydroxylation sites is 1. The summed E-state index contributed by atoms with van der Waals surface area (Å²) in [6.45, 7) is 1.68. The van der Waals surface area contributed by atoms with Crippen LogP contribution in [0.3, 0.4) is 0 Å². The molecule has 3 rings (SSSR count). The van der Waals surface area contributed by atoms with Crippen LogP contribution in [0.4, 0.5) is 5.13 Å². The van der Waals surface area contributed by atoms with Gasteiger partial charge in [-0.25, -0.2) is 4.98 Å². The maximum absolute atomic E-state index is 11.9. The summed E-state index contributed by atoms with van der Waals surface area (Å²) >= 11 is 1.43. The van der Waals surface area contributed by atoms with Crippen molar-refractivity contribution in [3.8, 4) is 0 Å². The molecule has 5 nitrogen and oxygen atoms in total. The number of rotatable bonds is 5. The zero-order chi connectivity index (χ0) is 16.1. The molecule has 0 aliphatic rings. The van der Waals surface area contributed by atoms with E-state index < -0.39 is 0 Å². The summed E-state index contributed by atoms with van der Waals surface area (Å²) in [6, 6.07) is 17.4. The standard InChI is InChI=1S/C17H15N3O2S/c1-12(13-7-3-2-4-8-13)20-22-11-16(21)19-17-18-14-9-5-6-10-15(14)23-17/h2-10H,11H2,1H3,(H,18,19,21)/b20-12-. The first-order chi connectivity index (χ1) is 11.2. The van der Waals surface area contributed by atoms with Gasteiger partial charge in [0, 0.05) is 0 Å². The molecule has 0 radical (unpaired) electrons. The second-order valence-electron chi connectivity index (χ2n) is 4.85. The number of hydrogen-bond donors (Lipinski definition) is 1. The highest BCUT2D eigenvalue weighted by Gasteiger charge is 2.08. The van der Waals surface area contributed by atoms with Crippen molar-refractivity contribution in [3.63, 3.8) is 0 Å². The average molecular weight is 325 g/mol. The zero-order valence-electron chi connectivity index (χ0n) is 12.5. The summed E-state index contributed by atoms with van der Waals surface area (Å²) in [5.74, 6) is -0.284. The summed E-state index contributed by atoms with van der Waals surface area (Å²) in [4.78, 5) is 21.3. The van der Waals surface area contributed by atoms with Gasteiger partial charge in [-0.15, -0.1) is 0 Å². The van der Waals surface area contributed by atoms with E-state index in [2.05, 4.69) is 15.5 Å². The Kier molecular flexibility index (Phi) is 4.63. The lowest BCUT2D eigenvalue weighted by Crippen LogP contribution is -2.17. The largest absolute Gasteiger partial charge is 0.385 e. The van der Waals surface area contributed by atoms with E-state index in [1.165, 1.54) is 11.3 Å². The third kappa shape index (κ3) is 3.92. The smallest absolute Gasteiger partial charge is 0.266 e. The van der Waals surface area contributed by atoms with Gasteiger partial charge in [-0.05, 0) is 24.6 Å². The van der Waals surface area contributed by atoms with Gasteiger partial charge >= 0.3 is 0 Å². The molecule has 0 saturated heterocycles. The van der Waals surface area contributed by atoms with Gasteiger partial charge in [0.05, 0.1) is 15.9 Å². The fourth-order valence-electron chi connectivity index (χ4n) is 2.00. The molecule has 2 aromatic carbocycles. The van der Waals surface area contributed by atoms with Gasteiger partial charge in [0.15, 0.2) is 11.7 Å². The highest BCUT2D eigenvalue weighted by atomic mass is 32.1. The Morgan fingerprint density at radius 1 is 1.17 bits per heavy atom. The first-order valence-corrected chi connectivity index (χ1v) is 7.91. The van der Waals surface area contributed by atoms with E-state index in [4.69, 9.17) is 4.84 Å². The van der Waals surface area contributed by atoms with Crippen LogP contribution in [-0.2, 0) is 9.63 Å². The lowest BCUT2D eigenvalue weighted by atomic mass is 10.1. The molecule has 1 amide bonds. The molecule has 3 aromatic rings. The number of anilines is 1. The fourth-order valence-corrected chi connectivity index (χ4v) is 2.88. The van der Waals surface area contributed by atoms with Gasteiger partial charge in [-0.3, -0.25) is 10.1 Å². The van der Waals surface area contributed by atoms with E-state index in [0.717, 1.165) is 21.5 Å². The Morgan fingerprint density at radius 3 is 2.70 bits per heavy atom. The monoisotopic (exact) mass is 325 g/mol. The molecule has 1 N–H and O–H groups in total. The third-order valence-corrected chi connectivity index (χ3v) is 4.08. The quantitative estimate of drug-likeness (QED) is 0.575. The second kappa shape index (κ2) is 7.02. The molecule has 0 fully saturated rings. The Balaban J connectivity index is 1.55. The van der Waals surface area contributed by atoms with E-state index >= 15 is 0 Å². The van der Waals surface area contributed by atoms with Crippen molar-refractivity contribution >= 4 is 38.3 Å². The maximum atomic E-state index is 11.9. The minimum absolute atomic E-state index is 0.153. The van der Waals surface area contributed by atoms with Crippen LogP contribution >= 0.6 is 11.3 Å². The number of fused-ring (bicyclic) bond motifs is 1. The van der Waals surface area contributed by atoms with Gasteiger partial charge in [0.2, 0.25) is 0 Å². The van der Waals surface area contributed by atoms with Crippen LogP contribution < -0.4 is 5.32 Å². The topological polar surface area (TPSA) is 63.6 Å². The third-order valence-electron chi connectivity index (χ3n) is 3.13. The summed E-state index contributed by atoms with van der Waals surface area (Å²) in [5.41, 5.74) is 2.55. The number of nitrogens with zero attached hydrogens (tertiary/aromatic N) is 2. The number of benzene rings is 2. The lowest BCUT2D eigenvalue weighted by Gasteiger charge is -2.02. The van der Waals surface area contributed by atoms with Crippen LogP contribution in [0.2, 0.25) is 0 Å². The van der Waals surface area contributed by atoms with Crippen molar-refractivity contribution in [2.45, 2.75) is 6.92 Å². The SMILES string of the molecule is C/C(=N/OCC(=O)Nc1nc2ccccc2s1)c1ccccc1. The molecule has 0 bridgehead atoms. The molecule has 0 spiro atoms. The first-order valence-electron chi connectivity index (χ1n) is 7.10. The minimum atomic E-state index is -0.284. The Labute approximate surface area is 137 Å². The maximum Gasteiger partial charge on any atom is 0.266 e. The Morgan fingerprint density at radius 2 is 1.91 bits per heavy atom. The number of carbonyl (C=O) groups is 1. The molecule has 0 saturated carbocycles. The highest BCUT2D eigenvalue weighted by Crippen LogP contribution is 2.25. The number of amides is 1. The molecule has 0 atom stereocenters. The predicted molar refractivity (Wildman–Crippen MR) is 92.9 cm³/mol. The van der Waals surface area contributed by atoms with Crippen molar-refractivity contribution < 1.29 is 9.63 Å². The molecule has 1 heterocycles.